The Morgan fingerprint density at radius 1 is 1.14 bits per heavy atom. The Morgan fingerprint density at radius 2 is 2.07 bits per heavy atom. The van der Waals surface area contributed by atoms with Gasteiger partial charge in [-0.25, -0.2) is 4.98 Å². The summed E-state index contributed by atoms with van der Waals surface area (Å²) >= 11 is 7.63. The van der Waals surface area contributed by atoms with Crippen molar-refractivity contribution in [2.24, 2.45) is 0 Å². The van der Waals surface area contributed by atoms with E-state index in [1.54, 1.807) is 11.9 Å². The first-order chi connectivity index (χ1) is 14.2. The van der Waals surface area contributed by atoms with Gasteiger partial charge in [-0.15, -0.1) is 0 Å². The molecule has 0 amide bonds. The van der Waals surface area contributed by atoms with E-state index in [1.807, 2.05) is 29.1 Å². The topological polar surface area (TPSA) is 47.2 Å². The lowest BCUT2D eigenvalue weighted by Gasteiger charge is -2.03. The highest BCUT2D eigenvalue weighted by Gasteiger charge is 2.23. The van der Waals surface area contributed by atoms with Crippen LogP contribution < -0.4 is 4.72 Å². The number of nitrogens with one attached hydrogen (secondary N) is 1. The van der Waals surface area contributed by atoms with Crippen LogP contribution in [-0.2, 0) is 13.0 Å². The average Bonchev–Trinajstić information content (AvgIpc) is 3.35. The van der Waals surface area contributed by atoms with Crippen LogP contribution in [0.4, 0.5) is 0 Å². The van der Waals surface area contributed by atoms with Crippen molar-refractivity contribution in [2.75, 3.05) is 6.54 Å². The molecule has 0 saturated heterocycles. The number of nitrogens with zero attached hydrogens (tertiary/aromatic N) is 4. The predicted molar refractivity (Wildman–Crippen MR) is 118 cm³/mol. The summed E-state index contributed by atoms with van der Waals surface area (Å²) in [5.74, 6) is 0.752. The van der Waals surface area contributed by atoms with Gasteiger partial charge in [0.2, 0.25) is 0 Å². The van der Waals surface area contributed by atoms with Crippen LogP contribution in [-0.4, -0.2) is 25.7 Å². The second kappa shape index (κ2) is 8.22. The number of aromatic nitrogens is 4. The summed E-state index contributed by atoms with van der Waals surface area (Å²) in [7, 11) is 0. The fraction of sp³-hybridized carbons (Fsp3) is 0.273. The molecule has 0 spiro atoms. The van der Waals surface area contributed by atoms with Crippen molar-refractivity contribution in [2.45, 2.75) is 36.6 Å². The van der Waals surface area contributed by atoms with E-state index in [9.17, 15) is 0 Å². The van der Waals surface area contributed by atoms with E-state index in [2.05, 4.69) is 51.0 Å². The molecule has 0 atom stereocenters. The van der Waals surface area contributed by atoms with Crippen molar-refractivity contribution in [3.8, 4) is 0 Å². The van der Waals surface area contributed by atoms with E-state index in [4.69, 9.17) is 16.6 Å². The van der Waals surface area contributed by atoms with Crippen LogP contribution in [0.15, 0.2) is 66.1 Å². The van der Waals surface area contributed by atoms with Gasteiger partial charge in [-0.05, 0) is 66.5 Å². The standard InChI is InChI=1S/C22H22ClN5S/c23-19-3-1-2-16(10-19)8-9-25-29-21-11-24-28(15-21)14-20-13-27-12-18(17-4-5-17)6-7-22(27)26-20/h1-3,6-7,10-13,15,17,25H,4-5,8-9,14H2. The normalized spacial score (nSPS) is 14.0. The van der Waals surface area contributed by atoms with Gasteiger partial charge < -0.3 is 4.40 Å². The molecule has 7 heteroatoms. The van der Waals surface area contributed by atoms with Gasteiger partial charge in [-0.1, -0.05) is 29.8 Å². The molecular weight excluding hydrogens is 402 g/mol. The first-order valence-electron chi connectivity index (χ1n) is 9.87. The zero-order chi connectivity index (χ0) is 19.6. The molecule has 1 aromatic carbocycles. The van der Waals surface area contributed by atoms with Crippen molar-refractivity contribution < 1.29 is 0 Å². The zero-order valence-electron chi connectivity index (χ0n) is 16.0. The Kier molecular flexibility index (Phi) is 5.31. The zero-order valence-corrected chi connectivity index (χ0v) is 17.5. The number of rotatable bonds is 8. The Morgan fingerprint density at radius 3 is 2.93 bits per heavy atom. The van der Waals surface area contributed by atoms with E-state index in [0.29, 0.717) is 6.54 Å². The largest absolute Gasteiger partial charge is 0.306 e. The highest BCUT2D eigenvalue weighted by molar-refractivity contribution is 7.97. The molecule has 0 bridgehead atoms. The fourth-order valence-electron chi connectivity index (χ4n) is 3.47. The van der Waals surface area contributed by atoms with Gasteiger partial charge >= 0.3 is 0 Å². The summed E-state index contributed by atoms with van der Waals surface area (Å²) in [6, 6.07) is 12.3. The number of fused-ring (bicyclic) bond motifs is 1. The van der Waals surface area contributed by atoms with Gasteiger partial charge in [0, 0.05) is 30.2 Å². The van der Waals surface area contributed by atoms with Gasteiger partial charge in [0.1, 0.15) is 5.65 Å². The number of hydrogen-bond donors (Lipinski definition) is 1. The second-order valence-electron chi connectivity index (χ2n) is 7.48. The molecule has 0 radical (unpaired) electrons. The van der Waals surface area contributed by atoms with E-state index in [1.165, 1.54) is 24.0 Å². The molecule has 0 aliphatic heterocycles. The van der Waals surface area contributed by atoms with Gasteiger partial charge in [-0.2, -0.15) is 5.10 Å². The highest BCUT2D eigenvalue weighted by Crippen LogP contribution is 2.39. The lowest BCUT2D eigenvalue weighted by Crippen LogP contribution is -2.08. The minimum Gasteiger partial charge on any atom is -0.306 e. The van der Waals surface area contributed by atoms with Gasteiger partial charge in [0.15, 0.2) is 0 Å². The van der Waals surface area contributed by atoms with E-state index < -0.39 is 0 Å². The van der Waals surface area contributed by atoms with Crippen molar-refractivity contribution in [1.29, 1.82) is 0 Å². The molecular formula is C22H22ClN5S. The second-order valence-corrected chi connectivity index (χ2v) is 8.88. The molecule has 5 rings (SSSR count). The molecule has 29 heavy (non-hydrogen) atoms. The Bertz CT molecular complexity index is 1130. The summed E-state index contributed by atoms with van der Waals surface area (Å²) in [6.45, 7) is 1.54. The molecule has 5 nitrogen and oxygen atoms in total. The SMILES string of the molecule is Clc1cccc(CCNSc2cnn(Cc3cn4cc(C5CC5)ccc4n3)c2)c1. The maximum absolute atomic E-state index is 6.03. The molecule has 3 aromatic heterocycles. The molecule has 4 aromatic rings. The predicted octanol–water partition coefficient (Wildman–Crippen LogP) is 4.95. The van der Waals surface area contributed by atoms with E-state index in [0.717, 1.165) is 40.1 Å². The monoisotopic (exact) mass is 423 g/mol. The number of hydrogen-bond acceptors (Lipinski definition) is 4. The summed E-state index contributed by atoms with van der Waals surface area (Å²) in [5.41, 5.74) is 4.67. The summed E-state index contributed by atoms with van der Waals surface area (Å²) in [5, 5.41) is 5.26. The fourth-order valence-corrected chi connectivity index (χ4v) is 4.33. The minimum atomic E-state index is 0.670. The first-order valence-corrected chi connectivity index (χ1v) is 11.1. The number of pyridine rings is 1. The van der Waals surface area contributed by atoms with E-state index in [-0.39, 0.29) is 0 Å². The van der Waals surface area contributed by atoms with Crippen LogP contribution in [0.3, 0.4) is 0 Å². The van der Waals surface area contributed by atoms with Crippen molar-refractivity contribution in [3.05, 3.63) is 83.0 Å². The number of imidazole rings is 1. The van der Waals surface area contributed by atoms with Gasteiger partial charge in [0.25, 0.3) is 0 Å². The smallest absolute Gasteiger partial charge is 0.137 e. The van der Waals surface area contributed by atoms with Gasteiger partial charge in [0.05, 0.1) is 23.3 Å². The molecule has 3 heterocycles. The quantitative estimate of drug-likeness (QED) is 0.322. The molecule has 1 saturated carbocycles. The number of halogens is 1. The summed E-state index contributed by atoms with van der Waals surface area (Å²) in [4.78, 5) is 5.82. The molecule has 148 valence electrons. The third kappa shape index (κ3) is 4.66. The lowest BCUT2D eigenvalue weighted by atomic mass is 10.2. The highest BCUT2D eigenvalue weighted by atomic mass is 35.5. The molecule has 1 aliphatic rings. The van der Waals surface area contributed by atoms with Crippen LogP contribution in [0, 0.1) is 0 Å². The van der Waals surface area contributed by atoms with Gasteiger partial charge in [-0.3, -0.25) is 9.40 Å². The summed E-state index contributed by atoms with van der Waals surface area (Å²) in [6.07, 6.45) is 11.8. The Balaban J connectivity index is 1.15. The van der Waals surface area contributed by atoms with Crippen molar-refractivity contribution in [1.82, 2.24) is 23.9 Å². The van der Waals surface area contributed by atoms with Crippen LogP contribution in [0.1, 0.15) is 35.6 Å². The van der Waals surface area contributed by atoms with Crippen LogP contribution >= 0.6 is 23.5 Å². The Labute approximate surface area is 179 Å². The van der Waals surface area contributed by atoms with E-state index >= 15 is 0 Å². The molecule has 1 fully saturated rings. The number of benzene rings is 1. The van der Waals surface area contributed by atoms with Crippen molar-refractivity contribution >= 4 is 29.2 Å². The molecule has 0 unspecified atom stereocenters. The lowest BCUT2D eigenvalue weighted by molar-refractivity contribution is 0.675. The summed E-state index contributed by atoms with van der Waals surface area (Å²) < 4.78 is 7.47. The van der Waals surface area contributed by atoms with Crippen LogP contribution in [0.25, 0.3) is 5.65 Å². The molecule has 1 N–H and O–H groups in total. The Hall–Kier alpha value is -2.28. The van der Waals surface area contributed by atoms with Crippen LogP contribution in [0.2, 0.25) is 5.02 Å². The first kappa shape index (κ1) is 18.7. The van der Waals surface area contributed by atoms with Crippen molar-refractivity contribution in [3.63, 3.8) is 0 Å². The maximum atomic E-state index is 6.03. The third-order valence-corrected chi connectivity index (χ3v) is 6.13. The van der Waals surface area contributed by atoms with Crippen LogP contribution in [0.5, 0.6) is 0 Å². The average molecular weight is 424 g/mol. The molecule has 1 aliphatic carbocycles. The minimum absolute atomic E-state index is 0.670. The third-order valence-electron chi connectivity index (χ3n) is 5.10. The maximum Gasteiger partial charge on any atom is 0.137 e.